The average Bonchev–Trinajstić information content (AvgIpc) is 2.47. The fourth-order valence-corrected chi connectivity index (χ4v) is 1.99. The van der Waals surface area contributed by atoms with Gasteiger partial charge in [-0.15, -0.1) is 0 Å². The van der Waals surface area contributed by atoms with Crippen molar-refractivity contribution in [2.45, 2.75) is 26.2 Å². The summed E-state index contributed by atoms with van der Waals surface area (Å²) in [6.45, 7) is 4.39. The number of piperidine rings is 1. The number of rotatable bonds is 1. The van der Waals surface area contributed by atoms with Crippen LogP contribution >= 0.6 is 0 Å². The molecule has 1 aliphatic rings. The molecule has 1 fully saturated rings. The van der Waals surface area contributed by atoms with Crippen LogP contribution in [0.15, 0.2) is 6.20 Å². The third-order valence-corrected chi connectivity index (χ3v) is 2.61. The van der Waals surface area contributed by atoms with Crippen LogP contribution in [0, 0.1) is 6.92 Å². The summed E-state index contributed by atoms with van der Waals surface area (Å²) in [4.78, 5) is 6.91. The Bertz CT molecular complexity index is 284. The molecule has 0 unspecified atom stereocenters. The van der Waals surface area contributed by atoms with Gasteiger partial charge < -0.3 is 9.47 Å². The van der Waals surface area contributed by atoms with E-state index >= 15 is 0 Å². The third-order valence-electron chi connectivity index (χ3n) is 2.61. The molecule has 3 nitrogen and oxygen atoms in total. The first kappa shape index (κ1) is 8.60. The SMILES string of the molecule is Cc1cn(C)c(N2CCCCC2)n1. The number of nitrogens with zero attached hydrogens (tertiary/aromatic N) is 3. The first-order valence-electron chi connectivity index (χ1n) is 5.02. The van der Waals surface area contributed by atoms with Gasteiger partial charge in [0.1, 0.15) is 0 Å². The van der Waals surface area contributed by atoms with E-state index in [1.807, 2.05) is 6.92 Å². The van der Waals surface area contributed by atoms with Crippen molar-refractivity contribution in [3.63, 3.8) is 0 Å². The van der Waals surface area contributed by atoms with Gasteiger partial charge in [0.05, 0.1) is 5.69 Å². The van der Waals surface area contributed by atoms with Crippen LogP contribution in [0.4, 0.5) is 5.95 Å². The highest BCUT2D eigenvalue weighted by molar-refractivity contribution is 5.33. The van der Waals surface area contributed by atoms with Crippen molar-refractivity contribution in [2.75, 3.05) is 18.0 Å². The van der Waals surface area contributed by atoms with E-state index in [1.165, 1.54) is 32.4 Å². The maximum Gasteiger partial charge on any atom is 0.205 e. The molecule has 0 bridgehead atoms. The van der Waals surface area contributed by atoms with Gasteiger partial charge >= 0.3 is 0 Å². The van der Waals surface area contributed by atoms with Crippen LogP contribution in [-0.4, -0.2) is 22.6 Å². The number of imidazole rings is 1. The molecule has 2 rings (SSSR count). The fraction of sp³-hybridized carbons (Fsp3) is 0.700. The number of hydrogen-bond acceptors (Lipinski definition) is 2. The molecular formula is C10H17N3. The van der Waals surface area contributed by atoms with Crippen molar-refractivity contribution in [3.8, 4) is 0 Å². The zero-order valence-electron chi connectivity index (χ0n) is 8.45. The molecule has 0 aliphatic carbocycles. The van der Waals surface area contributed by atoms with Crippen molar-refractivity contribution >= 4 is 5.95 Å². The quantitative estimate of drug-likeness (QED) is 0.654. The molecule has 13 heavy (non-hydrogen) atoms. The standard InChI is InChI=1S/C10H17N3/c1-9-8-12(2)10(11-9)13-6-4-3-5-7-13/h8H,3-7H2,1-2H3. The molecule has 1 saturated heterocycles. The largest absolute Gasteiger partial charge is 0.342 e. The van der Waals surface area contributed by atoms with E-state index < -0.39 is 0 Å². The van der Waals surface area contributed by atoms with Gasteiger partial charge in [0.15, 0.2) is 0 Å². The average molecular weight is 179 g/mol. The van der Waals surface area contributed by atoms with E-state index in [0.717, 1.165) is 11.6 Å². The monoisotopic (exact) mass is 179 g/mol. The van der Waals surface area contributed by atoms with Crippen LogP contribution in [0.2, 0.25) is 0 Å². The molecule has 0 saturated carbocycles. The van der Waals surface area contributed by atoms with Gasteiger partial charge in [0.25, 0.3) is 0 Å². The molecule has 0 amide bonds. The summed E-state index contributed by atoms with van der Waals surface area (Å²) < 4.78 is 2.13. The van der Waals surface area contributed by atoms with Crippen LogP contribution < -0.4 is 4.90 Å². The third kappa shape index (κ3) is 1.69. The van der Waals surface area contributed by atoms with E-state index in [2.05, 4.69) is 27.7 Å². The molecule has 0 radical (unpaired) electrons. The van der Waals surface area contributed by atoms with Gasteiger partial charge in [0.2, 0.25) is 5.95 Å². The lowest BCUT2D eigenvalue weighted by molar-refractivity contribution is 0.562. The van der Waals surface area contributed by atoms with Crippen LogP contribution in [0.25, 0.3) is 0 Å². The van der Waals surface area contributed by atoms with E-state index in [4.69, 9.17) is 0 Å². The second kappa shape index (κ2) is 3.40. The minimum Gasteiger partial charge on any atom is -0.342 e. The molecule has 1 aromatic heterocycles. The number of anilines is 1. The molecule has 0 atom stereocenters. The van der Waals surface area contributed by atoms with Crippen molar-refractivity contribution < 1.29 is 0 Å². The summed E-state index contributed by atoms with van der Waals surface area (Å²) in [5.74, 6) is 1.14. The maximum absolute atomic E-state index is 4.52. The zero-order chi connectivity index (χ0) is 9.26. The number of aromatic nitrogens is 2. The first-order valence-corrected chi connectivity index (χ1v) is 5.02. The van der Waals surface area contributed by atoms with E-state index in [9.17, 15) is 0 Å². The Kier molecular flexibility index (Phi) is 2.25. The lowest BCUT2D eigenvalue weighted by atomic mass is 10.1. The van der Waals surface area contributed by atoms with E-state index in [-0.39, 0.29) is 0 Å². The summed E-state index contributed by atoms with van der Waals surface area (Å²) in [5.41, 5.74) is 1.11. The molecule has 0 aromatic carbocycles. The van der Waals surface area contributed by atoms with Crippen molar-refractivity contribution in [3.05, 3.63) is 11.9 Å². The van der Waals surface area contributed by atoms with Gasteiger partial charge in [-0.05, 0) is 26.2 Å². The Hall–Kier alpha value is -0.990. The molecule has 1 aliphatic heterocycles. The summed E-state index contributed by atoms with van der Waals surface area (Å²) in [7, 11) is 2.07. The summed E-state index contributed by atoms with van der Waals surface area (Å²) in [5, 5.41) is 0. The highest BCUT2D eigenvalue weighted by atomic mass is 15.3. The summed E-state index contributed by atoms with van der Waals surface area (Å²) in [6, 6.07) is 0. The topological polar surface area (TPSA) is 21.1 Å². The second-order valence-corrected chi connectivity index (χ2v) is 3.84. The van der Waals surface area contributed by atoms with E-state index in [1.54, 1.807) is 0 Å². The predicted molar refractivity (Wildman–Crippen MR) is 54.0 cm³/mol. The molecule has 2 heterocycles. The van der Waals surface area contributed by atoms with E-state index in [0.29, 0.717) is 0 Å². The Morgan fingerprint density at radius 1 is 1.23 bits per heavy atom. The Morgan fingerprint density at radius 3 is 2.46 bits per heavy atom. The van der Waals surface area contributed by atoms with Crippen LogP contribution in [0.5, 0.6) is 0 Å². The normalized spacial score (nSPS) is 17.8. The van der Waals surface area contributed by atoms with Gasteiger partial charge in [-0.2, -0.15) is 0 Å². The lowest BCUT2D eigenvalue weighted by Gasteiger charge is -2.27. The van der Waals surface area contributed by atoms with Crippen LogP contribution in [-0.2, 0) is 7.05 Å². The minimum absolute atomic E-state index is 1.11. The van der Waals surface area contributed by atoms with Gasteiger partial charge in [-0.25, -0.2) is 4.98 Å². The lowest BCUT2D eigenvalue weighted by Crippen LogP contribution is -2.31. The van der Waals surface area contributed by atoms with Crippen molar-refractivity contribution in [1.29, 1.82) is 0 Å². The van der Waals surface area contributed by atoms with Gasteiger partial charge in [-0.3, -0.25) is 0 Å². The van der Waals surface area contributed by atoms with Gasteiger partial charge in [-0.1, -0.05) is 0 Å². The number of aryl methyl sites for hydroxylation is 2. The second-order valence-electron chi connectivity index (χ2n) is 3.84. The Balaban J connectivity index is 2.18. The Morgan fingerprint density at radius 2 is 1.92 bits per heavy atom. The van der Waals surface area contributed by atoms with Gasteiger partial charge in [0, 0.05) is 26.3 Å². The maximum atomic E-state index is 4.52. The molecule has 1 aromatic rings. The molecule has 0 spiro atoms. The molecule has 72 valence electrons. The zero-order valence-corrected chi connectivity index (χ0v) is 8.45. The van der Waals surface area contributed by atoms with Crippen molar-refractivity contribution in [2.24, 2.45) is 7.05 Å². The van der Waals surface area contributed by atoms with Crippen LogP contribution in [0.1, 0.15) is 25.0 Å². The summed E-state index contributed by atoms with van der Waals surface area (Å²) >= 11 is 0. The molecular weight excluding hydrogens is 162 g/mol. The Labute approximate surface area is 79.4 Å². The number of hydrogen-bond donors (Lipinski definition) is 0. The first-order chi connectivity index (χ1) is 6.27. The highest BCUT2D eigenvalue weighted by Gasteiger charge is 2.14. The molecule has 0 N–H and O–H groups in total. The van der Waals surface area contributed by atoms with Crippen molar-refractivity contribution in [1.82, 2.24) is 9.55 Å². The predicted octanol–water partition coefficient (Wildman–Crippen LogP) is 1.72. The smallest absolute Gasteiger partial charge is 0.205 e. The van der Waals surface area contributed by atoms with Crippen LogP contribution in [0.3, 0.4) is 0 Å². The summed E-state index contributed by atoms with van der Waals surface area (Å²) in [6.07, 6.45) is 6.08. The minimum atomic E-state index is 1.11. The molecule has 3 heteroatoms. The highest BCUT2D eigenvalue weighted by Crippen LogP contribution is 2.17. The fourth-order valence-electron chi connectivity index (χ4n) is 1.99.